The second kappa shape index (κ2) is 8.76. The highest BCUT2D eigenvalue weighted by Gasteiger charge is 2.23. The van der Waals surface area contributed by atoms with Crippen molar-refractivity contribution in [1.29, 1.82) is 0 Å². The monoisotopic (exact) mass is 353 g/mol. The van der Waals surface area contributed by atoms with Gasteiger partial charge in [0.15, 0.2) is 0 Å². The minimum Gasteiger partial charge on any atom is -0.369 e. The molecule has 1 fully saturated rings. The van der Waals surface area contributed by atoms with Gasteiger partial charge in [0.2, 0.25) is 0 Å². The number of carbonyl (C=O) groups is 1. The van der Waals surface area contributed by atoms with Crippen LogP contribution in [-0.2, 0) is 6.54 Å². The molecule has 6 heteroatoms. The molecule has 1 aliphatic rings. The Morgan fingerprint density at radius 1 is 1.08 bits per heavy atom. The highest BCUT2D eigenvalue weighted by atomic mass is 16.2. The third-order valence-electron chi connectivity index (χ3n) is 4.47. The van der Waals surface area contributed by atoms with Gasteiger partial charge in [0, 0.05) is 39.3 Å². The lowest BCUT2D eigenvalue weighted by Crippen LogP contribution is -2.48. The molecule has 1 N–H and O–H groups in total. The van der Waals surface area contributed by atoms with Gasteiger partial charge in [-0.15, -0.1) is 0 Å². The van der Waals surface area contributed by atoms with E-state index >= 15 is 0 Å². The standard InChI is InChI=1S/C20H27N5O/c1-16(2)12-22-19-14-21-18(13-23-19)20(26)25-10-8-24(9-11-25)15-17-6-4-3-5-7-17/h3-7,13-14,16H,8-12,15H2,1-2H3,(H,22,23). The number of piperazine rings is 1. The van der Waals surface area contributed by atoms with Crippen molar-refractivity contribution in [2.75, 3.05) is 38.0 Å². The van der Waals surface area contributed by atoms with Crippen LogP contribution in [-0.4, -0.2) is 58.4 Å². The zero-order chi connectivity index (χ0) is 18.4. The molecule has 0 bridgehead atoms. The van der Waals surface area contributed by atoms with Crippen molar-refractivity contribution < 1.29 is 4.79 Å². The molecule has 0 saturated carbocycles. The number of aromatic nitrogens is 2. The number of rotatable bonds is 6. The number of nitrogens with zero attached hydrogens (tertiary/aromatic N) is 4. The highest BCUT2D eigenvalue weighted by molar-refractivity contribution is 5.92. The van der Waals surface area contributed by atoms with E-state index in [1.807, 2.05) is 11.0 Å². The molecule has 0 radical (unpaired) electrons. The molecule has 0 spiro atoms. The summed E-state index contributed by atoms with van der Waals surface area (Å²) in [7, 11) is 0. The number of hydrogen-bond donors (Lipinski definition) is 1. The van der Waals surface area contributed by atoms with Crippen LogP contribution in [0, 0.1) is 5.92 Å². The molecule has 1 aromatic heterocycles. The van der Waals surface area contributed by atoms with Gasteiger partial charge in [0.1, 0.15) is 11.5 Å². The minimum absolute atomic E-state index is 0.0349. The molecule has 2 aromatic rings. The topological polar surface area (TPSA) is 61.4 Å². The molecule has 0 atom stereocenters. The summed E-state index contributed by atoms with van der Waals surface area (Å²) in [5.41, 5.74) is 1.72. The third kappa shape index (κ3) is 5.02. The normalized spacial score (nSPS) is 15.3. The SMILES string of the molecule is CC(C)CNc1cnc(C(=O)N2CCN(Cc3ccccc3)CC2)cn1. The van der Waals surface area contributed by atoms with Gasteiger partial charge in [0.25, 0.3) is 5.91 Å². The summed E-state index contributed by atoms with van der Waals surface area (Å²) in [6.45, 7) is 9.24. The van der Waals surface area contributed by atoms with E-state index in [2.05, 4.69) is 58.3 Å². The van der Waals surface area contributed by atoms with Crippen LogP contribution < -0.4 is 5.32 Å². The number of amides is 1. The highest BCUT2D eigenvalue weighted by Crippen LogP contribution is 2.11. The van der Waals surface area contributed by atoms with E-state index in [1.54, 1.807) is 12.4 Å². The van der Waals surface area contributed by atoms with Crippen molar-refractivity contribution in [3.63, 3.8) is 0 Å². The summed E-state index contributed by atoms with van der Waals surface area (Å²) < 4.78 is 0. The van der Waals surface area contributed by atoms with Crippen molar-refractivity contribution in [3.8, 4) is 0 Å². The maximum atomic E-state index is 12.6. The fraction of sp³-hybridized carbons (Fsp3) is 0.450. The van der Waals surface area contributed by atoms with E-state index in [0.717, 1.165) is 39.3 Å². The molecule has 1 saturated heterocycles. The number of anilines is 1. The van der Waals surface area contributed by atoms with Crippen LogP contribution >= 0.6 is 0 Å². The summed E-state index contributed by atoms with van der Waals surface area (Å²) in [5, 5.41) is 3.21. The Morgan fingerprint density at radius 2 is 1.81 bits per heavy atom. The summed E-state index contributed by atoms with van der Waals surface area (Å²) in [5.74, 6) is 1.21. The van der Waals surface area contributed by atoms with Gasteiger partial charge in [-0.2, -0.15) is 0 Å². The zero-order valence-electron chi connectivity index (χ0n) is 15.6. The predicted octanol–water partition coefficient (Wildman–Crippen LogP) is 2.50. The van der Waals surface area contributed by atoms with Gasteiger partial charge in [0.05, 0.1) is 12.4 Å². The molecule has 138 valence electrons. The summed E-state index contributed by atoms with van der Waals surface area (Å²) >= 11 is 0. The third-order valence-corrected chi connectivity index (χ3v) is 4.47. The number of carbonyl (C=O) groups excluding carboxylic acids is 1. The van der Waals surface area contributed by atoms with Crippen molar-refractivity contribution in [3.05, 3.63) is 54.0 Å². The fourth-order valence-electron chi connectivity index (χ4n) is 2.95. The first-order chi connectivity index (χ1) is 12.6. The average Bonchev–Trinajstić information content (AvgIpc) is 2.68. The fourth-order valence-corrected chi connectivity index (χ4v) is 2.95. The van der Waals surface area contributed by atoms with E-state index in [4.69, 9.17) is 0 Å². The number of benzene rings is 1. The maximum Gasteiger partial charge on any atom is 0.274 e. The van der Waals surface area contributed by atoms with Crippen molar-refractivity contribution in [2.24, 2.45) is 5.92 Å². The Morgan fingerprint density at radius 3 is 2.42 bits per heavy atom. The zero-order valence-corrected chi connectivity index (χ0v) is 15.6. The quantitative estimate of drug-likeness (QED) is 0.865. The second-order valence-electron chi connectivity index (χ2n) is 7.12. The van der Waals surface area contributed by atoms with Crippen molar-refractivity contribution >= 4 is 11.7 Å². The van der Waals surface area contributed by atoms with Crippen LogP contribution in [0.3, 0.4) is 0 Å². The van der Waals surface area contributed by atoms with E-state index in [1.165, 1.54) is 5.56 Å². The molecule has 1 amide bonds. The first-order valence-electron chi connectivity index (χ1n) is 9.23. The molecule has 3 rings (SSSR count). The maximum absolute atomic E-state index is 12.6. The Labute approximate surface area is 155 Å². The largest absolute Gasteiger partial charge is 0.369 e. The Kier molecular flexibility index (Phi) is 6.17. The summed E-state index contributed by atoms with van der Waals surface area (Å²) in [6, 6.07) is 10.4. The lowest BCUT2D eigenvalue weighted by molar-refractivity contribution is 0.0622. The van der Waals surface area contributed by atoms with Gasteiger partial charge >= 0.3 is 0 Å². The van der Waals surface area contributed by atoms with Crippen LogP contribution in [0.2, 0.25) is 0 Å². The molecule has 0 unspecified atom stereocenters. The Balaban J connectivity index is 1.50. The summed E-state index contributed by atoms with van der Waals surface area (Å²) in [4.78, 5) is 25.5. The van der Waals surface area contributed by atoms with Crippen LogP contribution in [0.1, 0.15) is 29.9 Å². The second-order valence-corrected chi connectivity index (χ2v) is 7.12. The smallest absolute Gasteiger partial charge is 0.274 e. The first kappa shape index (κ1) is 18.3. The van der Waals surface area contributed by atoms with Crippen LogP contribution in [0.15, 0.2) is 42.7 Å². The van der Waals surface area contributed by atoms with Crippen LogP contribution in [0.5, 0.6) is 0 Å². The number of nitrogens with one attached hydrogen (secondary N) is 1. The molecular weight excluding hydrogens is 326 g/mol. The Hall–Kier alpha value is -2.47. The first-order valence-corrected chi connectivity index (χ1v) is 9.23. The molecule has 6 nitrogen and oxygen atoms in total. The molecule has 1 aliphatic heterocycles. The average molecular weight is 353 g/mol. The Bertz CT molecular complexity index is 694. The van der Waals surface area contributed by atoms with Crippen LogP contribution in [0.4, 0.5) is 5.82 Å². The molecule has 0 aliphatic carbocycles. The van der Waals surface area contributed by atoms with E-state index < -0.39 is 0 Å². The van der Waals surface area contributed by atoms with Gasteiger partial charge in [-0.05, 0) is 11.5 Å². The van der Waals surface area contributed by atoms with Gasteiger partial charge < -0.3 is 10.2 Å². The summed E-state index contributed by atoms with van der Waals surface area (Å²) in [6.07, 6.45) is 3.21. The minimum atomic E-state index is -0.0349. The lowest BCUT2D eigenvalue weighted by atomic mass is 10.2. The predicted molar refractivity (Wildman–Crippen MR) is 103 cm³/mol. The van der Waals surface area contributed by atoms with Crippen molar-refractivity contribution in [2.45, 2.75) is 20.4 Å². The van der Waals surface area contributed by atoms with Gasteiger partial charge in [-0.25, -0.2) is 9.97 Å². The number of hydrogen-bond acceptors (Lipinski definition) is 5. The van der Waals surface area contributed by atoms with E-state index in [-0.39, 0.29) is 5.91 Å². The van der Waals surface area contributed by atoms with E-state index in [9.17, 15) is 4.79 Å². The lowest BCUT2D eigenvalue weighted by Gasteiger charge is -2.34. The van der Waals surface area contributed by atoms with Gasteiger partial charge in [-0.1, -0.05) is 44.2 Å². The van der Waals surface area contributed by atoms with E-state index in [0.29, 0.717) is 17.4 Å². The molecule has 26 heavy (non-hydrogen) atoms. The molecular formula is C20H27N5O. The molecule has 1 aromatic carbocycles. The van der Waals surface area contributed by atoms with Gasteiger partial charge in [-0.3, -0.25) is 9.69 Å². The van der Waals surface area contributed by atoms with Crippen LogP contribution in [0.25, 0.3) is 0 Å². The van der Waals surface area contributed by atoms with Crippen molar-refractivity contribution in [1.82, 2.24) is 19.8 Å². The molecule has 2 heterocycles.